The van der Waals surface area contributed by atoms with Gasteiger partial charge in [0.1, 0.15) is 8.55 Å². The Hall–Kier alpha value is -1.28. The summed E-state index contributed by atoms with van der Waals surface area (Å²) in [6.45, 7) is 1.62. The number of sulfonamides is 1. The van der Waals surface area contributed by atoms with Crippen molar-refractivity contribution in [3.05, 3.63) is 44.8 Å². The molecule has 0 spiro atoms. The number of methoxy groups -OCH3 is 1. The van der Waals surface area contributed by atoms with Crippen molar-refractivity contribution in [1.29, 1.82) is 0 Å². The highest BCUT2D eigenvalue weighted by atomic mass is 35.5. The summed E-state index contributed by atoms with van der Waals surface area (Å²) in [5.41, 5.74) is 1.03. The van der Waals surface area contributed by atoms with Crippen LogP contribution in [0.2, 0.25) is 9.36 Å². The molecule has 118 valence electrons. The number of carbonyl (C=O) groups is 1. The maximum absolute atomic E-state index is 12.3. The molecule has 0 aliphatic heterocycles. The Morgan fingerprint density at radius 1 is 1.32 bits per heavy atom. The fraction of sp³-hybridized carbons (Fsp3) is 0.154. The normalized spacial score (nSPS) is 11.3. The first-order valence-electron chi connectivity index (χ1n) is 5.92. The number of benzene rings is 1. The van der Waals surface area contributed by atoms with Crippen molar-refractivity contribution in [1.82, 2.24) is 0 Å². The predicted molar refractivity (Wildman–Crippen MR) is 87.7 cm³/mol. The maximum atomic E-state index is 12.3. The Morgan fingerprint density at radius 2 is 2.00 bits per heavy atom. The molecule has 0 saturated heterocycles. The molecule has 2 rings (SSSR count). The van der Waals surface area contributed by atoms with Crippen molar-refractivity contribution < 1.29 is 17.9 Å². The molecule has 0 saturated carbocycles. The van der Waals surface area contributed by atoms with Crippen LogP contribution in [-0.4, -0.2) is 21.5 Å². The molecule has 1 heterocycles. The molecule has 0 atom stereocenters. The molecular formula is C13H11Cl2NO4S2. The van der Waals surface area contributed by atoms with Crippen LogP contribution in [0, 0.1) is 6.92 Å². The molecule has 0 fully saturated rings. The molecule has 0 amide bonds. The van der Waals surface area contributed by atoms with Crippen LogP contribution in [0.5, 0.6) is 0 Å². The number of hydrogen-bond donors (Lipinski definition) is 1. The largest absolute Gasteiger partial charge is 0.465 e. The first kappa shape index (κ1) is 17.1. The Kier molecular flexibility index (Phi) is 5.01. The number of ether oxygens (including phenoxy) is 1. The van der Waals surface area contributed by atoms with Gasteiger partial charge in [-0.25, -0.2) is 13.2 Å². The lowest BCUT2D eigenvalue weighted by atomic mass is 10.1. The number of rotatable bonds is 4. The van der Waals surface area contributed by atoms with Gasteiger partial charge >= 0.3 is 5.97 Å². The molecule has 0 aliphatic carbocycles. The highest BCUT2D eigenvalue weighted by molar-refractivity contribution is 7.94. The van der Waals surface area contributed by atoms with Crippen LogP contribution in [0.25, 0.3) is 0 Å². The summed E-state index contributed by atoms with van der Waals surface area (Å²) in [7, 11) is -2.58. The molecule has 5 nitrogen and oxygen atoms in total. The lowest BCUT2D eigenvalue weighted by Gasteiger charge is -2.11. The molecule has 1 aromatic heterocycles. The van der Waals surface area contributed by atoms with Crippen molar-refractivity contribution in [3.63, 3.8) is 0 Å². The zero-order valence-corrected chi connectivity index (χ0v) is 14.7. The highest BCUT2D eigenvalue weighted by Gasteiger charge is 2.21. The van der Waals surface area contributed by atoms with E-state index < -0.39 is 16.0 Å². The van der Waals surface area contributed by atoms with Crippen molar-refractivity contribution in [2.75, 3.05) is 11.8 Å². The number of nitrogens with one attached hydrogen (secondary N) is 1. The van der Waals surface area contributed by atoms with Crippen LogP contribution in [0.4, 0.5) is 5.69 Å². The standard InChI is InChI=1S/C13H11Cl2NO4S2/c1-7-8(13(17)20-2)4-3-5-10(7)16-22(18,19)11-6-9(14)12(15)21-11/h3-6,16H,1-2H3. The fourth-order valence-corrected chi connectivity index (χ4v) is 4.73. The van der Waals surface area contributed by atoms with Crippen molar-refractivity contribution in [3.8, 4) is 0 Å². The smallest absolute Gasteiger partial charge is 0.338 e. The minimum Gasteiger partial charge on any atom is -0.465 e. The van der Waals surface area contributed by atoms with E-state index in [1.165, 1.54) is 13.2 Å². The first-order chi connectivity index (χ1) is 10.3. The van der Waals surface area contributed by atoms with Gasteiger partial charge in [0.05, 0.1) is 23.4 Å². The van der Waals surface area contributed by atoms with Gasteiger partial charge in [-0.15, -0.1) is 11.3 Å². The molecule has 0 radical (unpaired) electrons. The molecule has 2 aromatic rings. The second kappa shape index (κ2) is 6.45. The number of halogens is 2. The molecule has 0 aliphatic rings. The zero-order chi connectivity index (χ0) is 16.5. The summed E-state index contributed by atoms with van der Waals surface area (Å²) in [6.07, 6.45) is 0. The van der Waals surface area contributed by atoms with Gasteiger partial charge in [-0.3, -0.25) is 4.72 Å². The van der Waals surface area contributed by atoms with E-state index in [1.54, 1.807) is 25.1 Å². The summed E-state index contributed by atoms with van der Waals surface area (Å²) in [4.78, 5) is 11.6. The van der Waals surface area contributed by atoms with Gasteiger partial charge in [0.2, 0.25) is 0 Å². The van der Waals surface area contributed by atoms with Crippen LogP contribution >= 0.6 is 34.5 Å². The molecule has 0 bridgehead atoms. The van der Waals surface area contributed by atoms with E-state index in [1.807, 2.05) is 0 Å². The quantitative estimate of drug-likeness (QED) is 0.816. The number of thiophene rings is 1. The van der Waals surface area contributed by atoms with Gasteiger partial charge in [0.25, 0.3) is 10.0 Å². The molecule has 9 heteroatoms. The fourth-order valence-electron chi connectivity index (χ4n) is 1.73. The summed E-state index contributed by atoms with van der Waals surface area (Å²) >= 11 is 12.4. The first-order valence-corrected chi connectivity index (χ1v) is 8.97. The third-order valence-corrected chi connectivity index (χ3v) is 6.58. The zero-order valence-electron chi connectivity index (χ0n) is 11.5. The SMILES string of the molecule is COC(=O)c1cccc(NS(=O)(=O)c2cc(Cl)c(Cl)s2)c1C. The Labute approximate surface area is 141 Å². The summed E-state index contributed by atoms with van der Waals surface area (Å²) in [5.74, 6) is -0.541. The van der Waals surface area contributed by atoms with Crippen LogP contribution in [-0.2, 0) is 14.8 Å². The van der Waals surface area contributed by atoms with Gasteiger partial charge in [-0.05, 0) is 30.7 Å². The monoisotopic (exact) mass is 379 g/mol. The van der Waals surface area contributed by atoms with E-state index in [-0.39, 0.29) is 24.8 Å². The summed E-state index contributed by atoms with van der Waals surface area (Å²) in [6, 6.07) is 5.94. The summed E-state index contributed by atoms with van der Waals surface area (Å²) < 4.78 is 31.9. The third kappa shape index (κ3) is 3.38. The molecule has 1 N–H and O–H groups in total. The number of carbonyl (C=O) groups excluding carboxylic acids is 1. The number of esters is 1. The topological polar surface area (TPSA) is 72.5 Å². The van der Waals surface area contributed by atoms with Gasteiger partial charge in [0.15, 0.2) is 0 Å². The molecule has 1 aromatic carbocycles. The predicted octanol–water partition coefficient (Wildman–Crippen LogP) is 3.95. The van der Waals surface area contributed by atoms with E-state index in [4.69, 9.17) is 23.2 Å². The summed E-state index contributed by atoms with van der Waals surface area (Å²) in [5, 5.41) is 0.173. The Morgan fingerprint density at radius 3 is 2.55 bits per heavy atom. The van der Waals surface area contributed by atoms with Gasteiger partial charge in [-0.2, -0.15) is 0 Å². The van der Waals surface area contributed by atoms with Crippen LogP contribution in [0.15, 0.2) is 28.5 Å². The van der Waals surface area contributed by atoms with E-state index in [0.717, 1.165) is 11.3 Å². The highest BCUT2D eigenvalue weighted by Crippen LogP contribution is 2.35. The van der Waals surface area contributed by atoms with E-state index >= 15 is 0 Å². The van der Waals surface area contributed by atoms with E-state index in [2.05, 4.69) is 9.46 Å². The minimum absolute atomic E-state index is 0.00892. The van der Waals surface area contributed by atoms with Crippen molar-refractivity contribution >= 4 is 56.2 Å². The van der Waals surface area contributed by atoms with Gasteiger partial charge in [-0.1, -0.05) is 29.3 Å². The van der Waals surface area contributed by atoms with E-state index in [0.29, 0.717) is 5.56 Å². The lowest BCUT2D eigenvalue weighted by Crippen LogP contribution is -2.14. The maximum Gasteiger partial charge on any atom is 0.338 e. The second-order valence-electron chi connectivity index (χ2n) is 4.26. The van der Waals surface area contributed by atoms with Gasteiger partial charge < -0.3 is 4.74 Å². The number of anilines is 1. The lowest BCUT2D eigenvalue weighted by molar-refractivity contribution is 0.0600. The van der Waals surface area contributed by atoms with Crippen molar-refractivity contribution in [2.45, 2.75) is 11.1 Å². The Bertz CT molecular complexity index is 811. The van der Waals surface area contributed by atoms with Crippen LogP contribution < -0.4 is 4.72 Å². The molecular weight excluding hydrogens is 369 g/mol. The van der Waals surface area contributed by atoms with Crippen LogP contribution in [0.3, 0.4) is 0 Å². The average Bonchev–Trinajstić information content (AvgIpc) is 2.81. The van der Waals surface area contributed by atoms with Crippen LogP contribution in [0.1, 0.15) is 15.9 Å². The Balaban J connectivity index is 2.40. The second-order valence-corrected chi connectivity index (χ2v) is 8.23. The van der Waals surface area contributed by atoms with Crippen molar-refractivity contribution in [2.24, 2.45) is 0 Å². The molecule has 0 unspecified atom stereocenters. The number of hydrogen-bond acceptors (Lipinski definition) is 5. The third-order valence-electron chi connectivity index (χ3n) is 2.87. The minimum atomic E-state index is -3.84. The van der Waals surface area contributed by atoms with E-state index in [9.17, 15) is 13.2 Å². The molecule has 22 heavy (non-hydrogen) atoms. The average molecular weight is 380 g/mol. The van der Waals surface area contributed by atoms with Gasteiger partial charge in [0, 0.05) is 0 Å².